The topological polar surface area (TPSA) is 76.7 Å². The van der Waals surface area contributed by atoms with Gasteiger partial charge >= 0.3 is 6.09 Å². The van der Waals surface area contributed by atoms with E-state index in [1.165, 1.54) is 24.0 Å². The van der Waals surface area contributed by atoms with E-state index in [0.29, 0.717) is 11.4 Å². The number of carbonyl (C=O) groups is 2. The van der Waals surface area contributed by atoms with Crippen molar-refractivity contribution in [2.24, 2.45) is 0 Å². The van der Waals surface area contributed by atoms with Crippen molar-refractivity contribution >= 4 is 17.7 Å². The molecule has 1 heterocycles. The summed E-state index contributed by atoms with van der Waals surface area (Å²) >= 11 is 0. The van der Waals surface area contributed by atoms with Crippen molar-refractivity contribution in [2.75, 3.05) is 11.9 Å². The highest BCUT2D eigenvalue weighted by Crippen LogP contribution is 2.34. The lowest BCUT2D eigenvalue weighted by Gasteiger charge is -2.22. The summed E-state index contributed by atoms with van der Waals surface area (Å²) in [6.45, 7) is 5.40. The molecular formula is C18H24N2O4. The van der Waals surface area contributed by atoms with Crippen LogP contribution in [0.5, 0.6) is 5.75 Å². The fraction of sp³-hybridized carbons (Fsp3) is 0.556. The van der Waals surface area contributed by atoms with Crippen molar-refractivity contribution in [1.82, 2.24) is 5.32 Å². The minimum Gasteiger partial charge on any atom is -0.489 e. The third kappa shape index (κ3) is 3.80. The maximum absolute atomic E-state index is 12.4. The number of fused-ring (bicyclic) bond motifs is 2. The first kappa shape index (κ1) is 16.6. The number of aryl methyl sites for hydroxylation is 2. The Morgan fingerprint density at radius 2 is 1.92 bits per heavy atom. The Hall–Kier alpha value is -2.24. The number of amides is 2. The number of anilines is 1. The molecule has 1 aliphatic heterocycles. The number of benzene rings is 1. The summed E-state index contributed by atoms with van der Waals surface area (Å²) in [5.74, 6) is 0.368. The Balaban J connectivity index is 1.72. The Kier molecular flexibility index (Phi) is 4.39. The van der Waals surface area contributed by atoms with Gasteiger partial charge in [-0.2, -0.15) is 0 Å². The van der Waals surface area contributed by atoms with Gasteiger partial charge in [0.25, 0.3) is 5.91 Å². The molecule has 0 saturated carbocycles. The lowest BCUT2D eigenvalue weighted by Crippen LogP contribution is -2.48. The van der Waals surface area contributed by atoms with Crippen molar-refractivity contribution in [1.29, 1.82) is 0 Å². The highest BCUT2D eigenvalue weighted by Gasteiger charge is 2.29. The Bertz CT molecular complexity index is 664. The van der Waals surface area contributed by atoms with Crippen molar-refractivity contribution in [3.8, 4) is 5.75 Å². The van der Waals surface area contributed by atoms with E-state index < -0.39 is 17.7 Å². The van der Waals surface area contributed by atoms with Crippen LogP contribution in [0.25, 0.3) is 0 Å². The molecule has 24 heavy (non-hydrogen) atoms. The molecule has 1 atom stereocenters. The van der Waals surface area contributed by atoms with E-state index in [9.17, 15) is 9.59 Å². The minimum atomic E-state index is -0.788. The number of alkyl carbamates (subject to hydrolysis) is 1. The smallest absolute Gasteiger partial charge is 0.408 e. The summed E-state index contributed by atoms with van der Waals surface area (Å²) in [7, 11) is 0. The van der Waals surface area contributed by atoms with Gasteiger partial charge < -0.3 is 20.1 Å². The van der Waals surface area contributed by atoms with E-state index in [2.05, 4.69) is 10.6 Å². The molecule has 130 valence electrons. The number of ether oxygens (including phenoxy) is 2. The van der Waals surface area contributed by atoms with E-state index >= 15 is 0 Å². The standard InChI is InChI=1S/C18H24N2O4/c1-18(2,3)24-17(22)20-14-10-23-15-9-12-7-5-4-6-11(12)8-13(15)19-16(14)21/h8-9,14H,4-7,10H2,1-3H3,(H,19,21)(H,20,22). The third-order valence-electron chi connectivity index (χ3n) is 4.11. The predicted molar refractivity (Wildman–Crippen MR) is 90.4 cm³/mol. The first-order valence-corrected chi connectivity index (χ1v) is 8.41. The molecule has 0 bridgehead atoms. The zero-order valence-electron chi connectivity index (χ0n) is 14.4. The molecule has 6 nitrogen and oxygen atoms in total. The van der Waals surface area contributed by atoms with E-state index in [-0.39, 0.29) is 12.5 Å². The summed E-state index contributed by atoms with van der Waals surface area (Å²) < 4.78 is 11.0. The van der Waals surface area contributed by atoms with Gasteiger partial charge in [-0.3, -0.25) is 4.79 Å². The van der Waals surface area contributed by atoms with Crippen LogP contribution >= 0.6 is 0 Å². The number of hydrogen-bond donors (Lipinski definition) is 2. The molecule has 0 aromatic heterocycles. The first-order chi connectivity index (χ1) is 11.3. The summed E-state index contributed by atoms with van der Waals surface area (Å²) in [6, 6.07) is 3.22. The predicted octanol–water partition coefficient (Wildman–Crippen LogP) is 2.79. The Labute approximate surface area is 141 Å². The summed E-state index contributed by atoms with van der Waals surface area (Å²) in [6.07, 6.45) is 3.79. The van der Waals surface area contributed by atoms with Crippen molar-refractivity contribution in [3.63, 3.8) is 0 Å². The molecule has 0 fully saturated rings. The Morgan fingerprint density at radius 1 is 1.25 bits per heavy atom. The quantitative estimate of drug-likeness (QED) is 0.829. The highest BCUT2D eigenvalue weighted by atomic mass is 16.6. The third-order valence-corrected chi connectivity index (χ3v) is 4.11. The summed E-state index contributed by atoms with van der Waals surface area (Å²) in [4.78, 5) is 24.3. The second-order valence-electron chi connectivity index (χ2n) is 7.32. The van der Waals surface area contributed by atoms with Gasteiger partial charge in [0.05, 0.1) is 5.69 Å². The summed E-state index contributed by atoms with van der Waals surface area (Å²) in [5.41, 5.74) is 2.61. The molecule has 0 saturated heterocycles. The van der Waals surface area contributed by atoms with Crippen LogP contribution < -0.4 is 15.4 Å². The van der Waals surface area contributed by atoms with Gasteiger partial charge in [0, 0.05) is 0 Å². The average Bonchev–Trinajstić information content (AvgIpc) is 2.62. The molecule has 1 aromatic rings. The molecule has 1 unspecified atom stereocenters. The zero-order valence-corrected chi connectivity index (χ0v) is 14.4. The van der Waals surface area contributed by atoms with Crippen molar-refractivity contribution in [3.05, 3.63) is 23.3 Å². The molecule has 2 aliphatic rings. The van der Waals surface area contributed by atoms with Crippen molar-refractivity contribution < 1.29 is 19.1 Å². The van der Waals surface area contributed by atoms with Gasteiger partial charge in [0.15, 0.2) is 0 Å². The number of hydrogen-bond acceptors (Lipinski definition) is 4. The zero-order chi connectivity index (χ0) is 17.3. The molecule has 1 aliphatic carbocycles. The molecule has 0 radical (unpaired) electrons. The van der Waals surface area contributed by atoms with Crippen LogP contribution in [0.15, 0.2) is 12.1 Å². The fourth-order valence-corrected chi connectivity index (χ4v) is 3.01. The van der Waals surface area contributed by atoms with Gasteiger partial charge in [-0.1, -0.05) is 0 Å². The first-order valence-electron chi connectivity index (χ1n) is 8.41. The fourth-order valence-electron chi connectivity index (χ4n) is 3.01. The second kappa shape index (κ2) is 6.34. The highest BCUT2D eigenvalue weighted by molar-refractivity contribution is 5.98. The van der Waals surface area contributed by atoms with Crippen LogP contribution in [0.1, 0.15) is 44.7 Å². The molecule has 6 heteroatoms. The van der Waals surface area contributed by atoms with E-state index in [1.807, 2.05) is 12.1 Å². The lowest BCUT2D eigenvalue weighted by atomic mass is 9.91. The maximum atomic E-state index is 12.4. The number of carbonyl (C=O) groups excluding carboxylic acids is 2. The van der Waals surface area contributed by atoms with Crippen LogP contribution in [0.3, 0.4) is 0 Å². The van der Waals surface area contributed by atoms with Crippen LogP contribution in [0, 0.1) is 0 Å². The molecule has 1 aromatic carbocycles. The van der Waals surface area contributed by atoms with E-state index in [4.69, 9.17) is 9.47 Å². The van der Waals surface area contributed by atoms with Gasteiger partial charge in [0.2, 0.25) is 0 Å². The SMILES string of the molecule is CC(C)(C)OC(=O)NC1COc2cc3c(cc2NC1=O)CCCC3. The minimum absolute atomic E-state index is 0.0802. The summed E-state index contributed by atoms with van der Waals surface area (Å²) in [5, 5.41) is 5.43. The Morgan fingerprint density at radius 3 is 2.58 bits per heavy atom. The van der Waals surface area contributed by atoms with Crippen LogP contribution in [0.4, 0.5) is 10.5 Å². The second-order valence-corrected chi connectivity index (χ2v) is 7.32. The normalized spacial score (nSPS) is 20.0. The maximum Gasteiger partial charge on any atom is 0.408 e. The van der Waals surface area contributed by atoms with Gasteiger partial charge in [-0.05, 0) is 69.7 Å². The van der Waals surface area contributed by atoms with Crippen LogP contribution in [-0.4, -0.2) is 30.3 Å². The molecule has 3 rings (SSSR count). The molecule has 2 N–H and O–H groups in total. The largest absolute Gasteiger partial charge is 0.489 e. The van der Waals surface area contributed by atoms with Gasteiger partial charge in [-0.25, -0.2) is 4.79 Å². The van der Waals surface area contributed by atoms with E-state index in [0.717, 1.165) is 12.8 Å². The van der Waals surface area contributed by atoms with Crippen molar-refractivity contribution in [2.45, 2.75) is 58.1 Å². The molecule has 0 spiro atoms. The molecule has 2 amide bonds. The van der Waals surface area contributed by atoms with Gasteiger partial charge in [-0.15, -0.1) is 0 Å². The number of nitrogens with one attached hydrogen (secondary N) is 2. The monoisotopic (exact) mass is 332 g/mol. The average molecular weight is 332 g/mol. The lowest BCUT2D eigenvalue weighted by molar-refractivity contribution is -0.118. The van der Waals surface area contributed by atoms with Crippen LogP contribution in [0.2, 0.25) is 0 Å². The molecular weight excluding hydrogens is 308 g/mol. The van der Waals surface area contributed by atoms with Crippen LogP contribution in [-0.2, 0) is 22.4 Å². The number of rotatable bonds is 1. The van der Waals surface area contributed by atoms with E-state index in [1.54, 1.807) is 20.8 Å². The van der Waals surface area contributed by atoms with Gasteiger partial charge in [0.1, 0.15) is 24.0 Å².